The fourth-order valence-corrected chi connectivity index (χ4v) is 4.51. The molecule has 1 N–H and O–H groups in total. The lowest BCUT2D eigenvalue weighted by molar-refractivity contribution is -0.384. The zero-order chi connectivity index (χ0) is 24.6. The van der Waals surface area contributed by atoms with Gasteiger partial charge in [0.1, 0.15) is 5.69 Å². The predicted molar refractivity (Wildman–Crippen MR) is 129 cm³/mol. The van der Waals surface area contributed by atoms with Gasteiger partial charge >= 0.3 is 0 Å². The molecule has 4 rings (SSSR count). The van der Waals surface area contributed by atoms with Crippen molar-refractivity contribution in [3.05, 3.63) is 86.2 Å². The van der Waals surface area contributed by atoms with Crippen molar-refractivity contribution in [3.8, 4) is 5.69 Å². The molecule has 8 nitrogen and oxygen atoms in total. The largest absolute Gasteiger partial charge is 0.352 e. The molecule has 176 valence electrons. The molecule has 1 heterocycles. The first-order chi connectivity index (χ1) is 16.1. The summed E-state index contributed by atoms with van der Waals surface area (Å²) in [5.41, 5.74) is 4.01. The average molecular weight is 461 g/mol. The molecule has 0 unspecified atom stereocenters. The molecular formula is C26H28N4O4. The molecule has 0 atom stereocenters. The van der Waals surface area contributed by atoms with Gasteiger partial charge in [0.25, 0.3) is 11.6 Å². The Balaban J connectivity index is 1.60. The second-order valence-electron chi connectivity index (χ2n) is 9.71. The van der Waals surface area contributed by atoms with Crippen LogP contribution >= 0.6 is 0 Å². The summed E-state index contributed by atoms with van der Waals surface area (Å²) in [6, 6.07) is 12.4. The van der Waals surface area contributed by atoms with Gasteiger partial charge in [0.2, 0.25) is 0 Å². The highest BCUT2D eigenvalue weighted by Gasteiger charge is 2.36. The van der Waals surface area contributed by atoms with Crippen LogP contribution < -0.4 is 5.32 Å². The predicted octanol–water partition coefficient (Wildman–Crippen LogP) is 4.52. The van der Waals surface area contributed by atoms with Crippen molar-refractivity contribution < 1.29 is 14.5 Å². The van der Waals surface area contributed by atoms with Crippen LogP contribution in [-0.4, -0.2) is 32.9 Å². The van der Waals surface area contributed by atoms with Crippen molar-refractivity contribution in [2.24, 2.45) is 5.41 Å². The second kappa shape index (κ2) is 8.85. The van der Waals surface area contributed by atoms with E-state index in [0.29, 0.717) is 42.8 Å². The van der Waals surface area contributed by atoms with E-state index in [1.54, 1.807) is 13.0 Å². The number of fused-ring (bicyclic) bond motifs is 1. The molecule has 0 spiro atoms. The van der Waals surface area contributed by atoms with E-state index in [0.717, 1.165) is 5.56 Å². The fraction of sp³-hybridized carbons (Fsp3) is 0.346. The van der Waals surface area contributed by atoms with Gasteiger partial charge in [0.05, 0.1) is 21.9 Å². The van der Waals surface area contributed by atoms with Crippen LogP contribution in [0.1, 0.15) is 63.5 Å². The van der Waals surface area contributed by atoms with E-state index in [2.05, 4.69) is 10.4 Å². The van der Waals surface area contributed by atoms with Gasteiger partial charge in [0, 0.05) is 24.6 Å². The number of nitrogens with one attached hydrogen (secondary N) is 1. The normalized spacial score (nSPS) is 14.5. The molecule has 0 fully saturated rings. The number of carbonyl (C=O) groups excluding carboxylic acids is 2. The first-order valence-electron chi connectivity index (χ1n) is 11.3. The van der Waals surface area contributed by atoms with E-state index >= 15 is 0 Å². The maximum absolute atomic E-state index is 12.7. The molecule has 1 aromatic heterocycles. The number of hydrogen-bond acceptors (Lipinski definition) is 5. The second-order valence-corrected chi connectivity index (χ2v) is 9.71. The van der Waals surface area contributed by atoms with Crippen LogP contribution in [0, 0.1) is 29.4 Å². The first-order valence-corrected chi connectivity index (χ1v) is 11.3. The molecule has 0 aliphatic heterocycles. The van der Waals surface area contributed by atoms with Crippen LogP contribution in [0.2, 0.25) is 0 Å². The Labute approximate surface area is 198 Å². The van der Waals surface area contributed by atoms with Gasteiger partial charge in [-0.15, -0.1) is 0 Å². The summed E-state index contributed by atoms with van der Waals surface area (Å²) in [4.78, 5) is 36.8. The Hall–Kier alpha value is -3.81. The number of nitro groups is 1. The minimum absolute atomic E-state index is 0.00206. The van der Waals surface area contributed by atoms with Gasteiger partial charge in [0.15, 0.2) is 5.78 Å². The Morgan fingerprint density at radius 1 is 1.15 bits per heavy atom. The lowest BCUT2D eigenvalue weighted by atomic mass is 9.75. The molecule has 8 heteroatoms. The Morgan fingerprint density at radius 3 is 2.53 bits per heavy atom. The van der Waals surface area contributed by atoms with Gasteiger partial charge in [-0.05, 0) is 49.8 Å². The number of ketones is 1. The van der Waals surface area contributed by atoms with E-state index in [1.807, 2.05) is 45.0 Å². The monoisotopic (exact) mass is 460 g/mol. The third-order valence-corrected chi connectivity index (χ3v) is 6.20. The number of nitro benzene ring substituents is 1. The van der Waals surface area contributed by atoms with Crippen LogP contribution in [0.15, 0.2) is 42.5 Å². The van der Waals surface area contributed by atoms with E-state index < -0.39 is 4.92 Å². The number of benzene rings is 2. The third-order valence-electron chi connectivity index (χ3n) is 6.20. The Bertz CT molecular complexity index is 1290. The third kappa shape index (κ3) is 4.62. The number of amides is 1. The SMILES string of the molecule is Cc1ccc(CCNC(=O)c2ccc(-n3nc(C)c4c3CC(C)(C)CC4=O)c([N+](=O)[O-])c2)cc1. The molecule has 3 aromatic rings. The summed E-state index contributed by atoms with van der Waals surface area (Å²) < 4.78 is 1.50. The standard InChI is InChI=1S/C26H28N4O4/c1-16-5-7-18(8-6-16)11-12-27-25(32)19-9-10-20(21(13-19)30(33)34)29-22-14-26(3,4)15-23(31)24(22)17(2)28-29/h5-10,13H,11-12,14-15H2,1-4H3,(H,27,32). The van der Waals surface area contributed by atoms with E-state index in [9.17, 15) is 19.7 Å². The van der Waals surface area contributed by atoms with Crippen LogP contribution in [0.3, 0.4) is 0 Å². The molecule has 1 amide bonds. The number of carbonyl (C=O) groups is 2. The molecular weight excluding hydrogens is 432 g/mol. The van der Waals surface area contributed by atoms with Gasteiger partial charge in [-0.3, -0.25) is 19.7 Å². The highest BCUT2D eigenvalue weighted by atomic mass is 16.6. The zero-order valence-corrected chi connectivity index (χ0v) is 19.8. The smallest absolute Gasteiger partial charge is 0.295 e. The number of hydrogen-bond donors (Lipinski definition) is 1. The van der Waals surface area contributed by atoms with Crippen molar-refractivity contribution in [2.75, 3.05) is 6.54 Å². The summed E-state index contributed by atoms with van der Waals surface area (Å²) in [6.07, 6.45) is 1.65. The van der Waals surface area contributed by atoms with E-state index in [1.165, 1.54) is 22.4 Å². The van der Waals surface area contributed by atoms with Crippen molar-refractivity contribution >= 4 is 17.4 Å². The van der Waals surface area contributed by atoms with Crippen LogP contribution in [-0.2, 0) is 12.8 Å². The first kappa shape index (κ1) is 23.4. The molecule has 34 heavy (non-hydrogen) atoms. The molecule has 0 saturated heterocycles. The average Bonchev–Trinajstić information content (AvgIpc) is 3.09. The summed E-state index contributed by atoms with van der Waals surface area (Å²) in [5, 5.41) is 19.2. The molecule has 1 aliphatic carbocycles. The summed E-state index contributed by atoms with van der Waals surface area (Å²) in [5.74, 6) is -0.376. The topological polar surface area (TPSA) is 107 Å². The van der Waals surface area contributed by atoms with E-state index in [4.69, 9.17) is 0 Å². The van der Waals surface area contributed by atoms with Crippen LogP contribution in [0.5, 0.6) is 0 Å². The van der Waals surface area contributed by atoms with Crippen molar-refractivity contribution in [2.45, 2.75) is 47.0 Å². The minimum Gasteiger partial charge on any atom is -0.352 e. The van der Waals surface area contributed by atoms with E-state index in [-0.39, 0.29) is 34.0 Å². The van der Waals surface area contributed by atoms with Crippen LogP contribution in [0.25, 0.3) is 5.69 Å². The lowest BCUT2D eigenvalue weighted by Crippen LogP contribution is -2.28. The van der Waals surface area contributed by atoms with Gasteiger partial charge < -0.3 is 5.32 Å². The quantitative estimate of drug-likeness (QED) is 0.430. The summed E-state index contributed by atoms with van der Waals surface area (Å²) in [7, 11) is 0. The summed E-state index contributed by atoms with van der Waals surface area (Å²) in [6.45, 7) is 8.17. The Morgan fingerprint density at radius 2 is 1.85 bits per heavy atom. The fourth-order valence-electron chi connectivity index (χ4n) is 4.51. The molecule has 0 saturated carbocycles. The molecule has 0 radical (unpaired) electrons. The molecule has 0 bridgehead atoms. The highest BCUT2D eigenvalue weighted by molar-refractivity contribution is 6.00. The highest BCUT2D eigenvalue weighted by Crippen LogP contribution is 2.38. The number of rotatable bonds is 6. The number of Topliss-reactive ketones (excluding diaryl/α,β-unsaturated/α-hetero) is 1. The zero-order valence-electron chi connectivity index (χ0n) is 19.8. The number of nitrogens with zero attached hydrogens (tertiary/aromatic N) is 3. The lowest BCUT2D eigenvalue weighted by Gasteiger charge is -2.29. The maximum atomic E-state index is 12.7. The van der Waals surface area contributed by atoms with Gasteiger partial charge in [-0.1, -0.05) is 43.7 Å². The molecule has 2 aromatic carbocycles. The van der Waals surface area contributed by atoms with Crippen molar-refractivity contribution in [3.63, 3.8) is 0 Å². The maximum Gasteiger partial charge on any atom is 0.295 e. The number of aryl methyl sites for hydroxylation is 2. The molecule has 1 aliphatic rings. The number of aromatic nitrogens is 2. The van der Waals surface area contributed by atoms with Gasteiger partial charge in [-0.25, -0.2) is 4.68 Å². The van der Waals surface area contributed by atoms with Crippen molar-refractivity contribution in [1.29, 1.82) is 0 Å². The van der Waals surface area contributed by atoms with Crippen molar-refractivity contribution in [1.82, 2.24) is 15.1 Å². The minimum atomic E-state index is -0.516. The van der Waals surface area contributed by atoms with Gasteiger partial charge in [-0.2, -0.15) is 5.10 Å². The van der Waals surface area contributed by atoms with Crippen LogP contribution in [0.4, 0.5) is 5.69 Å². The summed E-state index contributed by atoms with van der Waals surface area (Å²) >= 11 is 0. The Kier molecular flexibility index (Phi) is 6.08.